The van der Waals surface area contributed by atoms with Crippen LogP contribution in [0, 0.1) is 17.7 Å². The zero-order valence-electron chi connectivity index (χ0n) is 32.8. The Kier molecular flexibility index (Phi) is 22.1. The van der Waals surface area contributed by atoms with Crippen molar-refractivity contribution in [3.63, 3.8) is 0 Å². The molecule has 3 saturated heterocycles. The van der Waals surface area contributed by atoms with E-state index in [1.54, 1.807) is 42.3 Å². The first-order chi connectivity index (χ1) is 25.3. The van der Waals surface area contributed by atoms with Crippen LogP contribution in [0.25, 0.3) is 0 Å². The standard InChI is InChI=1S/C20H26FNO4.C14H21NO4.C6H4F.BrH.Cu.HI.Mg/c1-19(2,3)26-18(24)22-10-8-20(9-11-22)13-16(23)12-17(25-20)14-4-6-15(21)7-5-14;1-13(2,3)19-12(17)15-7-5-14(6-8-15)10-11(16)4-9-18-14;7-6-4-2-1-3-5-6;;;;/h4-7,17H,8-13H2,1-3H3;4,9H,5-8,10H2,1-3H3;2-5H;1H;;1H;/q;;-1;;+1;;+2/p-2. The molecule has 1 atom stereocenters. The zero-order valence-corrected chi connectivity index (χ0v) is 38.9. The van der Waals surface area contributed by atoms with E-state index in [0.717, 1.165) is 5.56 Å². The van der Waals surface area contributed by atoms with E-state index in [1.807, 2.05) is 41.5 Å². The first kappa shape index (κ1) is 52.2. The van der Waals surface area contributed by atoms with Gasteiger partial charge in [0.1, 0.15) is 28.4 Å². The average Bonchev–Trinajstić information content (AvgIpc) is 3.09. The minimum atomic E-state index is -0.549. The fourth-order valence-corrected chi connectivity index (χ4v) is 6.36. The third-order valence-electron chi connectivity index (χ3n) is 8.97. The van der Waals surface area contributed by atoms with Gasteiger partial charge in [0.2, 0.25) is 0 Å². The third-order valence-corrected chi connectivity index (χ3v) is 8.97. The van der Waals surface area contributed by atoms with Crippen molar-refractivity contribution in [3.8, 4) is 0 Å². The zero-order chi connectivity index (χ0) is 40.2. The van der Waals surface area contributed by atoms with Crippen molar-refractivity contribution in [1.29, 1.82) is 0 Å². The summed E-state index contributed by atoms with van der Waals surface area (Å²) in [7, 11) is 0. The van der Waals surface area contributed by atoms with Crippen LogP contribution < -0.4 is 17.0 Å². The van der Waals surface area contributed by atoms with Gasteiger partial charge in [0.25, 0.3) is 0 Å². The van der Waals surface area contributed by atoms with Crippen LogP contribution in [-0.4, -0.2) is 105 Å². The number of Topliss-reactive ketones (excluding diaryl/α,β-unsaturated/α-hetero) is 1. The molecule has 2 aromatic rings. The van der Waals surface area contributed by atoms with Gasteiger partial charge in [0.05, 0.1) is 24.4 Å². The van der Waals surface area contributed by atoms with E-state index in [9.17, 15) is 28.0 Å². The van der Waals surface area contributed by atoms with E-state index in [0.29, 0.717) is 71.1 Å². The van der Waals surface area contributed by atoms with Crippen molar-refractivity contribution in [2.24, 2.45) is 0 Å². The number of nitrogens with zero attached hydrogens (tertiary/aromatic N) is 2. The van der Waals surface area contributed by atoms with Gasteiger partial charge >= 0.3 is 68.3 Å². The molecule has 6 rings (SSSR count). The van der Waals surface area contributed by atoms with Crippen LogP contribution in [0.2, 0.25) is 0 Å². The number of rotatable bonds is 1. The summed E-state index contributed by atoms with van der Waals surface area (Å²) in [4.78, 5) is 51.3. The number of hydrogen-bond acceptors (Lipinski definition) is 8. The maximum Gasteiger partial charge on any atom is 2.00 e. The number of amides is 2. The predicted molar refractivity (Wildman–Crippen MR) is 209 cm³/mol. The first-order valence-corrected chi connectivity index (χ1v) is 20.9. The Morgan fingerprint density at radius 2 is 1.23 bits per heavy atom. The molecular formula is C40H51BrCuF2IMgN2O8. The quantitative estimate of drug-likeness (QED) is 0.212. The van der Waals surface area contributed by atoms with Gasteiger partial charge in [-0.3, -0.25) is 9.59 Å². The predicted octanol–water partition coefficient (Wildman–Crippen LogP) is 5.41. The number of allylic oxidation sites excluding steroid dienone is 1. The molecule has 2 aromatic carbocycles. The molecule has 4 aliphatic rings. The van der Waals surface area contributed by atoms with Gasteiger partial charge in [0.15, 0.2) is 5.78 Å². The van der Waals surface area contributed by atoms with Crippen LogP contribution in [0.5, 0.6) is 0 Å². The van der Waals surface area contributed by atoms with Crippen molar-refractivity contribution in [3.05, 3.63) is 84.1 Å². The minimum absolute atomic E-state index is 0. The van der Waals surface area contributed by atoms with Crippen LogP contribution in [0.3, 0.4) is 0 Å². The molecule has 0 N–H and O–H groups in total. The molecule has 0 bridgehead atoms. The molecule has 2 spiro atoms. The van der Waals surface area contributed by atoms with Crippen LogP contribution in [0.15, 0.2) is 60.9 Å². The Morgan fingerprint density at radius 1 is 0.786 bits per heavy atom. The van der Waals surface area contributed by atoms with E-state index in [1.165, 1.54) is 48.7 Å². The summed E-state index contributed by atoms with van der Waals surface area (Å²) in [6, 6.07) is 14.6. The van der Waals surface area contributed by atoms with Gasteiger partial charge < -0.3 is 45.7 Å². The summed E-state index contributed by atoms with van der Waals surface area (Å²) in [6.07, 6.45) is 5.58. The van der Waals surface area contributed by atoms with Crippen LogP contribution in [0.4, 0.5) is 18.4 Å². The van der Waals surface area contributed by atoms with Crippen molar-refractivity contribution < 1.29 is 76.7 Å². The van der Waals surface area contributed by atoms with Gasteiger partial charge in [-0.05, 0) is 72.1 Å². The van der Waals surface area contributed by atoms with Crippen LogP contribution in [-0.2, 0) is 41.3 Å². The van der Waals surface area contributed by atoms with E-state index >= 15 is 0 Å². The molecule has 16 heteroatoms. The Balaban J connectivity index is 0.000000458. The summed E-state index contributed by atoms with van der Waals surface area (Å²) < 4.78 is 47.7. The number of hydrogen-bond donors (Lipinski definition) is 0. The number of carbonyl (C=O) groups is 4. The molecule has 56 heavy (non-hydrogen) atoms. The number of carbonyl (C=O) groups excluding carboxylic acids is 4. The third kappa shape index (κ3) is 17.6. The average molecular weight is 1020 g/mol. The van der Waals surface area contributed by atoms with Crippen molar-refractivity contribution in [2.45, 2.75) is 115 Å². The summed E-state index contributed by atoms with van der Waals surface area (Å²) >= 11 is 5.87. The number of likely N-dealkylation sites (tertiary alicyclic amines) is 2. The van der Waals surface area contributed by atoms with E-state index in [-0.39, 0.29) is 81.5 Å². The molecule has 4 heterocycles. The molecular weight excluding hydrogens is 969 g/mol. The van der Waals surface area contributed by atoms with Crippen molar-refractivity contribution >= 4 is 67.2 Å². The molecule has 4 aliphatic heterocycles. The molecule has 3 fully saturated rings. The van der Waals surface area contributed by atoms with Crippen LogP contribution >= 0.6 is 20.3 Å². The van der Waals surface area contributed by atoms with Gasteiger partial charge in [0, 0.05) is 63.8 Å². The maximum atomic E-state index is 13.2. The van der Waals surface area contributed by atoms with Crippen LogP contribution in [0.1, 0.15) is 98.2 Å². The molecule has 0 saturated carbocycles. The second-order valence-corrected chi connectivity index (χ2v) is 15.7. The molecule has 2 amide bonds. The molecule has 0 aromatic heterocycles. The number of benzene rings is 2. The van der Waals surface area contributed by atoms with Crippen molar-refractivity contribution in [2.75, 3.05) is 26.2 Å². The van der Waals surface area contributed by atoms with E-state index in [4.69, 9.17) is 18.9 Å². The largest absolute Gasteiger partial charge is 2.00 e. The van der Waals surface area contributed by atoms with Gasteiger partial charge in [-0.2, -0.15) is 18.2 Å². The monoisotopic (exact) mass is 1020 g/mol. The number of ketones is 2. The summed E-state index contributed by atoms with van der Waals surface area (Å²) in [6.45, 7) is 13.2. The Morgan fingerprint density at radius 3 is 1.64 bits per heavy atom. The van der Waals surface area contributed by atoms with Gasteiger partial charge in [-0.1, -0.05) is 12.1 Å². The number of halogens is 4. The van der Waals surface area contributed by atoms with Crippen molar-refractivity contribution in [1.82, 2.24) is 9.80 Å². The topological polar surface area (TPSA) is 112 Å². The molecule has 0 aliphatic carbocycles. The van der Waals surface area contributed by atoms with E-state index in [2.05, 4.69) is 18.8 Å². The summed E-state index contributed by atoms with van der Waals surface area (Å²) in [5.41, 5.74) is -1.16. The fourth-order valence-electron chi connectivity index (χ4n) is 6.36. The fraction of sp³-hybridized carbons (Fsp3) is 0.550. The van der Waals surface area contributed by atoms with Gasteiger partial charge in [-0.15, -0.1) is 12.1 Å². The summed E-state index contributed by atoms with van der Waals surface area (Å²) in [5, 5.41) is 0. The van der Waals surface area contributed by atoms with E-state index < -0.39 is 22.4 Å². The Labute approximate surface area is 376 Å². The second kappa shape index (κ2) is 23.7. The van der Waals surface area contributed by atoms with Gasteiger partial charge in [-0.25, -0.2) is 18.4 Å². The molecule has 1 unspecified atom stereocenters. The first-order valence-electron chi connectivity index (χ1n) is 17.9. The molecule has 0 radical (unpaired) electrons. The SMILES string of the molecule is CC(C)(C)OC(=O)N1CCC2(CC1)CC(=O)C=CO2.CC(C)(C)OC(=O)N1CCC2(CC1)CC(=O)CC(c1ccc(F)cc1)O2.Fc1cc[c-]cc1.[Br-].[Cu][I].[Mg+2]. The smallest absolute Gasteiger partial charge is 2.00 e. The normalized spacial score (nSPS) is 19.5. The molecule has 310 valence electrons. The maximum absolute atomic E-state index is 13.2. The number of ether oxygens (including phenoxy) is 4. The molecule has 10 nitrogen and oxygen atoms in total. The summed E-state index contributed by atoms with van der Waals surface area (Å²) in [5.74, 6) is -0.275. The number of piperidine rings is 2. The second-order valence-electron chi connectivity index (χ2n) is 15.7. The minimum Gasteiger partial charge on any atom is 2.00 e. The Bertz CT molecular complexity index is 1580. The Hall–Kier alpha value is -1.82.